The van der Waals surface area contributed by atoms with Crippen molar-refractivity contribution in [1.82, 2.24) is 5.32 Å². The van der Waals surface area contributed by atoms with Gasteiger partial charge in [0.05, 0.1) is 13.2 Å². The molecule has 0 bridgehead atoms. The van der Waals surface area contributed by atoms with Crippen molar-refractivity contribution < 1.29 is 14.3 Å². The zero-order chi connectivity index (χ0) is 17.2. The van der Waals surface area contributed by atoms with Gasteiger partial charge in [-0.05, 0) is 44.9 Å². The van der Waals surface area contributed by atoms with Crippen LogP contribution in [0.3, 0.4) is 0 Å². The number of rotatable bonds is 6. The van der Waals surface area contributed by atoms with Gasteiger partial charge in [0.15, 0.2) is 5.78 Å². The summed E-state index contributed by atoms with van der Waals surface area (Å²) in [7, 11) is 0. The van der Waals surface area contributed by atoms with Crippen LogP contribution in [0, 0.1) is 0 Å². The van der Waals surface area contributed by atoms with Crippen molar-refractivity contribution in [3.05, 3.63) is 47.5 Å². The molecule has 130 valence electrons. The first kappa shape index (κ1) is 16.2. The first-order valence-electron chi connectivity index (χ1n) is 9.09. The summed E-state index contributed by atoms with van der Waals surface area (Å²) in [6, 6.07) is 11.9. The lowest BCUT2D eigenvalue weighted by Gasteiger charge is -2.15. The number of nitrogens with one attached hydrogen (secondary N) is 1. The number of carbonyl (C=O) groups is 1. The molecular weight excluding hydrogens is 314 g/mol. The minimum absolute atomic E-state index is 0.0504. The fourth-order valence-electron chi connectivity index (χ4n) is 3.81. The van der Waals surface area contributed by atoms with Crippen LogP contribution < -0.4 is 14.8 Å². The van der Waals surface area contributed by atoms with Crippen LogP contribution in [-0.4, -0.2) is 31.6 Å². The molecule has 4 rings (SSSR count). The molecule has 1 aliphatic heterocycles. The van der Waals surface area contributed by atoms with Crippen molar-refractivity contribution in [1.29, 1.82) is 0 Å². The Kier molecular flexibility index (Phi) is 4.45. The summed E-state index contributed by atoms with van der Waals surface area (Å²) < 4.78 is 11.9. The van der Waals surface area contributed by atoms with E-state index in [1.54, 1.807) is 0 Å². The Morgan fingerprint density at radius 3 is 2.32 bits per heavy atom. The molecule has 1 fully saturated rings. The Balaban J connectivity index is 1.65. The van der Waals surface area contributed by atoms with E-state index in [0.29, 0.717) is 30.4 Å². The predicted octanol–water partition coefficient (Wildman–Crippen LogP) is 3.82. The molecule has 0 saturated carbocycles. The van der Waals surface area contributed by atoms with E-state index < -0.39 is 0 Å². The molecule has 1 N–H and O–H groups in total. The molecule has 0 amide bonds. The summed E-state index contributed by atoms with van der Waals surface area (Å²) in [6.45, 7) is 4.27. The minimum Gasteiger partial charge on any atom is -0.493 e. The molecule has 1 atom stereocenters. The van der Waals surface area contributed by atoms with Gasteiger partial charge in [-0.15, -0.1) is 0 Å². The van der Waals surface area contributed by atoms with E-state index in [0.717, 1.165) is 35.6 Å². The van der Waals surface area contributed by atoms with Crippen LogP contribution in [0.1, 0.15) is 42.1 Å². The Bertz CT molecular complexity index is 794. The highest BCUT2D eigenvalue weighted by atomic mass is 16.5. The molecule has 0 aromatic heterocycles. The van der Waals surface area contributed by atoms with E-state index >= 15 is 0 Å². The number of carbonyl (C=O) groups excluding carboxylic acids is 1. The van der Waals surface area contributed by atoms with E-state index in [2.05, 4.69) is 5.32 Å². The second-order valence-corrected chi connectivity index (χ2v) is 6.55. The molecule has 0 spiro atoms. The summed E-state index contributed by atoms with van der Waals surface area (Å²) in [5.74, 6) is 1.57. The van der Waals surface area contributed by atoms with Gasteiger partial charge in [0.2, 0.25) is 0 Å². The third-order valence-electron chi connectivity index (χ3n) is 4.98. The van der Waals surface area contributed by atoms with Crippen LogP contribution in [0.2, 0.25) is 0 Å². The Labute approximate surface area is 148 Å². The lowest BCUT2D eigenvalue weighted by molar-refractivity contribution is 0.104. The van der Waals surface area contributed by atoms with Crippen LogP contribution in [0.4, 0.5) is 0 Å². The molecule has 2 aromatic carbocycles. The monoisotopic (exact) mass is 337 g/mol. The van der Waals surface area contributed by atoms with E-state index in [-0.39, 0.29) is 5.78 Å². The van der Waals surface area contributed by atoms with Gasteiger partial charge in [-0.1, -0.05) is 24.3 Å². The van der Waals surface area contributed by atoms with Gasteiger partial charge in [0.1, 0.15) is 11.5 Å². The van der Waals surface area contributed by atoms with Crippen LogP contribution in [-0.2, 0) is 0 Å². The standard InChI is InChI=1S/C21H23NO3/c1-2-24-17-9-3-7-15-19(17)20-16(21(15)23)8-4-10-18(20)25-13-11-14-6-5-12-22-14/h3-4,7-10,14,22H,2,5-6,11-13H2,1H3. The summed E-state index contributed by atoms with van der Waals surface area (Å²) in [4.78, 5) is 12.8. The van der Waals surface area contributed by atoms with Crippen LogP contribution in [0.5, 0.6) is 11.5 Å². The van der Waals surface area contributed by atoms with Gasteiger partial charge in [-0.2, -0.15) is 0 Å². The zero-order valence-electron chi connectivity index (χ0n) is 14.5. The van der Waals surface area contributed by atoms with Crippen molar-refractivity contribution in [3.63, 3.8) is 0 Å². The number of ether oxygens (including phenoxy) is 2. The predicted molar refractivity (Wildman–Crippen MR) is 97.6 cm³/mol. The van der Waals surface area contributed by atoms with E-state index in [1.807, 2.05) is 43.3 Å². The van der Waals surface area contributed by atoms with Gasteiger partial charge in [-0.25, -0.2) is 0 Å². The number of ketones is 1. The van der Waals surface area contributed by atoms with E-state index in [1.165, 1.54) is 12.8 Å². The highest BCUT2D eigenvalue weighted by molar-refractivity contribution is 6.23. The number of fused-ring (bicyclic) bond motifs is 3. The molecule has 1 saturated heterocycles. The first-order valence-corrected chi connectivity index (χ1v) is 9.09. The molecule has 0 radical (unpaired) electrons. The van der Waals surface area contributed by atoms with Crippen LogP contribution in [0.25, 0.3) is 11.1 Å². The number of hydrogen-bond donors (Lipinski definition) is 1. The van der Waals surface area contributed by atoms with Gasteiger partial charge in [0, 0.05) is 28.3 Å². The maximum Gasteiger partial charge on any atom is 0.194 e. The average Bonchev–Trinajstić information content (AvgIpc) is 3.24. The van der Waals surface area contributed by atoms with Crippen molar-refractivity contribution in [2.75, 3.05) is 19.8 Å². The van der Waals surface area contributed by atoms with Crippen molar-refractivity contribution >= 4 is 5.78 Å². The van der Waals surface area contributed by atoms with Gasteiger partial charge >= 0.3 is 0 Å². The average molecular weight is 337 g/mol. The molecule has 1 heterocycles. The van der Waals surface area contributed by atoms with Crippen molar-refractivity contribution in [2.24, 2.45) is 0 Å². The van der Waals surface area contributed by atoms with Crippen LogP contribution >= 0.6 is 0 Å². The van der Waals surface area contributed by atoms with Crippen molar-refractivity contribution in [2.45, 2.75) is 32.2 Å². The minimum atomic E-state index is 0.0504. The van der Waals surface area contributed by atoms with Gasteiger partial charge in [-0.3, -0.25) is 4.79 Å². The van der Waals surface area contributed by atoms with Crippen molar-refractivity contribution in [3.8, 4) is 22.6 Å². The zero-order valence-corrected chi connectivity index (χ0v) is 14.5. The second kappa shape index (κ2) is 6.89. The molecule has 1 aliphatic carbocycles. The van der Waals surface area contributed by atoms with E-state index in [9.17, 15) is 4.79 Å². The second-order valence-electron chi connectivity index (χ2n) is 6.55. The fraction of sp³-hybridized carbons (Fsp3) is 0.381. The highest BCUT2D eigenvalue weighted by Crippen LogP contribution is 2.47. The third kappa shape index (κ3) is 2.91. The highest BCUT2D eigenvalue weighted by Gasteiger charge is 2.32. The Hall–Kier alpha value is -2.33. The summed E-state index contributed by atoms with van der Waals surface area (Å²) in [5, 5.41) is 3.49. The topological polar surface area (TPSA) is 47.6 Å². The molecule has 4 nitrogen and oxygen atoms in total. The Morgan fingerprint density at radius 1 is 1.04 bits per heavy atom. The van der Waals surface area contributed by atoms with Gasteiger partial charge < -0.3 is 14.8 Å². The maximum absolute atomic E-state index is 12.8. The van der Waals surface area contributed by atoms with Gasteiger partial charge in [0.25, 0.3) is 0 Å². The third-order valence-corrected chi connectivity index (χ3v) is 4.98. The summed E-state index contributed by atoms with van der Waals surface area (Å²) in [5.41, 5.74) is 3.16. The molecular formula is C21H23NO3. The number of hydrogen-bond acceptors (Lipinski definition) is 4. The molecule has 2 aromatic rings. The lowest BCUT2D eigenvalue weighted by Crippen LogP contribution is -2.23. The smallest absolute Gasteiger partial charge is 0.194 e. The maximum atomic E-state index is 12.8. The summed E-state index contributed by atoms with van der Waals surface area (Å²) in [6.07, 6.45) is 3.44. The molecule has 1 unspecified atom stereocenters. The first-order chi connectivity index (χ1) is 12.3. The van der Waals surface area contributed by atoms with E-state index in [4.69, 9.17) is 9.47 Å². The normalized spacial score (nSPS) is 18.1. The number of benzene rings is 2. The van der Waals surface area contributed by atoms with Crippen LogP contribution in [0.15, 0.2) is 36.4 Å². The Morgan fingerprint density at radius 2 is 1.72 bits per heavy atom. The molecule has 25 heavy (non-hydrogen) atoms. The lowest BCUT2D eigenvalue weighted by atomic mass is 10.0. The SMILES string of the molecule is CCOc1cccc2c1-c1c(OCCC3CCCN3)cccc1C2=O. The quantitative estimate of drug-likeness (QED) is 0.743. The largest absolute Gasteiger partial charge is 0.493 e. The molecule has 4 heteroatoms. The fourth-order valence-corrected chi connectivity index (χ4v) is 3.81. The molecule has 2 aliphatic rings. The summed E-state index contributed by atoms with van der Waals surface area (Å²) >= 11 is 0.